The Morgan fingerprint density at radius 1 is 1.24 bits per heavy atom. The zero-order valence-corrected chi connectivity index (χ0v) is 15.4. The molecule has 0 spiro atoms. The van der Waals surface area contributed by atoms with Crippen molar-refractivity contribution in [3.05, 3.63) is 46.5 Å². The molecule has 2 heterocycles. The lowest BCUT2D eigenvalue weighted by molar-refractivity contribution is 0.253. The second kappa shape index (κ2) is 6.90. The fraction of sp³-hybridized carbons (Fsp3) is 0.235. The minimum absolute atomic E-state index is 0.0197. The van der Waals surface area contributed by atoms with E-state index in [1.807, 2.05) is 26.0 Å². The molecular weight excluding hydrogens is 363 g/mol. The van der Waals surface area contributed by atoms with E-state index in [2.05, 4.69) is 15.3 Å². The number of aromatic nitrogens is 3. The number of imidazole rings is 1. The summed E-state index contributed by atoms with van der Waals surface area (Å²) in [4.78, 5) is 21.4. The van der Waals surface area contributed by atoms with Crippen molar-refractivity contribution >= 4 is 46.0 Å². The number of rotatable bonds is 3. The molecule has 2 aromatic heterocycles. The number of benzene rings is 1. The Morgan fingerprint density at radius 3 is 2.52 bits per heavy atom. The van der Waals surface area contributed by atoms with Crippen molar-refractivity contribution in [1.82, 2.24) is 14.5 Å². The van der Waals surface area contributed by atoms with E-state index < -0.39 is 6.03 Å². The van der Waals surface area contributed by atoms with E-state index in [1.54, 1.807) is 13.2 Å². The van der Waals surface area contributed by atoms with Crippen LogP contribution < -0.4 is 10.1 Å². The van der Waals surface area contributed by atoms with Gasteiger partial charge in [0.2, 0.25) is 0 Å². The molecule has 3 aromatic rings. The molecular formula is C17H16Cl2N4O2. The summed E-state index contributed by atoms with van der Waals surface area (Å²) in [6, 6.07) is 5.02. The molecule has 3 rings (SSSR count). The third-order valence-electron chi connectivity index (χ3n) is 3.70. The fourth-order valence-electron chi connectivity index (χ4n) is 2.55. The molecule has 0 atom stereocenters. The number of carbonyl (C=O) groups excluding carboxylic acids is 1. The summed E-state index contributed by atoms with van der Waals surface area (Å²) in [7, 11) is 1.57. The zero-order valence-electron chi connectivity index (χ0n) is 13.9. The van der Waals surface area contributed by atoms with Crippen LogP contribution in [-0.4, -0.2) is 27.7 Å². The van der Waals surface area contributed by atoms with E-state index in [0.29, 0.717) is 28.3 Å². The topological polar surface area (TPSA) is 69.0 Å². The summed E-state index contributed by atoms with van der Waals surface area (Å²) >= 11 is 12.2. The van der Waals surface area contributed by atoms with Gasteiger partial charge in [-0.15, -0.1) is 0 Å². The first kappa shape index (κ1) is 17.5. The van der Waals surface area contributed by atoms with Gasteiger partial charge in [-0.25, -0.2) is 14.3 Å². The van der Waals surface area contributed by atoms with Gasteiger partial charge in [0.15, 0.2) is 0 Å². The standard InChI is InChI=1S/C17H16Cl2N4O2/c1-9(2)16-21-15-12(5-4-6-13(15)25-3)23(16)17(24)22-14-10(18)7-20-8-11(14)19/h4-9H,1-3H3,(H,20,22,24). The number of hydrogen-bond donors (Lipinski definition) is 1. The number of nitrogens with zero attached hydrogens (tertiary/aromatic N) is 3. The van der Waals surface area contributed by atoms with Gasteiger partial charge >= 0.3 is 6.03 Å². The molecule has 1 aromatic carbocycles. The van der Waals surface area contributed by atoms with Gasteiger partial charge in [0, 0.05) is 18.3 Å². The zero-order chi connectivity index (χ0) is 18.1. The van der Waals surface area contributed by atoms with Crippen LogP contribution in [0.1, 0.15) is 25.6 Å². The maximum atomic E-state index is 13.0. The molecule has 0 saturated heterocycles. The van der Waals surface area contributed by atoms with E-state index in [9.17, 15) is 4.79 Å². The van der Waals surface area contributed by atoms with Crippen LogP contribution >= 0.6 is 23.2 Å². The SMILES string of the molecule is COc1cccc2c1nc(C(C)C)n2C(=O)Nc1c(Cl)cncc1Cl. The van der Waals surface area contributed by atoms with E-state index in [-0.39, 0.29) is 16.0 Å². The van der Waals surface area contributed by atoms with Crippen LogP contribution in [0.15, 0.2) is 30.6 Å². The lowest BCUT2D eigenvalue weighted by atomic mass is 10.2. The number of nitrogens with one attached hydrogen (secondary N) is 1. The highest BCUT2D eigenvalue weighted by molar-refractivity contribution is 6.39. The van der Waals surface area contributed by atoms with E-state index in [4.69, 9.17) is 27.9 Å². The molecule has 0 aliphatic carbocycles. The summed E-state index contributed by atoms with van der Waals surface area (Å²) < 4.78 is 6.86. The molecule has 8 heteroatoms. The van der Waals surface area contributed by atoms with Crippen LogP contribution in [0.2, 0.25) is 10.0 Å². The number of methoxy groups -OCH3 is 1. The molecule has 0 aliphatic rings. The number of fused-ring (bicyclic) bond motifs is 1. The molecule has 0 aliphatic heterocycles. The monoisotopic (exact) mass is 378 g/mol. The number of pyridine rings is 1. The Kier molecular flexibility index (Phi) is 4.83. The van der Waals surface area contributed by atoms with Crippen LogP contribution in [0, 0.1) is 0 Å². The van der Waals surface area contributed by atoms with Gasteiger partial charge in [0.05, 0.1) is 28.4 Å². The van der Waals surface area contributed by atoms with Crippen molar-refractivity contribution in [1.29, 1.82) is 0 Å². The largest absolute Gasteiger partial charge is 0.494 e. The molecule has 0 unspecified atom stereocenters. The van der Waals surface area contributed by atoms with Crippen LogP contribution in [0.3, 0.4) is 0 Å². The van der Waals surface area contributed by atoms with Crippen molar-refractivity contribution < 1.29 is 9.53 Å². The number of anilines is 1. The summed E-state index contributed by atoms with van der Waals surface area (Å²) in [6.07, 6.45) is 2.84. The average molecular weight is 379 g/mol. The van der Waals surface area contributed by atoms with E-state index in [1.165, 1.54) is 17.0 Å². The predicted molar refractivity (Wildman–Crippen MR) is 99.0 cm³/mol. The smallest absolute Gasteiger partial charge is 0.332 e. The van der Waals surface area contributed by atoms with Gasteiger partial charge in [-0.2, -0.15) is 0 Å². The number of hydrogen-bond acceptors (Lipinski definition) is 4. The first-order chi connectivity index (χ1) is 11.9. The minimum atomic E-state index is -0.408. The highest BCUT2D eigenvalue weighted by Gasteiger charge is 2.22. The second-order valence-corrected chi connectivity index (χ2v) is 6.51. The molecule has 1 N–H and O–H groups in total. The number of carbonyl (C=O) groups is 1. The normalized spacial score (nSPS) is 11.1. The predicted octanol–water partition coefficient (Wildman–Crippen LogP) is 4.95. The molecule has 1 amide bonds. The highest BCUT2D eigenvalue weighted by Crippen LogP contribution is 2.31. The Bertz CT molecular complexity index is 933. The Morgan fingerprint density at radius 2 is 1.92 bits per heavy atom. The molecule has 25 heavy (non-hydrogen) atoms. The first-order valence-electron chi connectivity index (χ1n) is 7.59. The van der Waals surface area contributed by atoms with E-state index in [0.717, 1.165) is 0 Å². The maximum Gasteiger partial charge on any atom is 0.332 e. The van der Waals surface area contributed by atoms with Crippen molar-refractivity contribution in [3.63, 3.8) is 0 Å². The summed E-state index contributed by atoms with van der Waals surface area (Å²) in [5.41, 5.74) is 1.57. The van der Waals surface area contributed by atoms with Crippen molar-refractivity contribution in [2.45, 2.75) is 19.8 Å². The van der Waals surface area contributed by atoms with Crippen LogP contribution in [0.25, 0.3) is 11.0 Å². The molecule has 0 saturated carbocycles. The van der Waals surface area contributed by atoms with Crippen LogP contribution in [-0.2, 0) is 0 Å². The molecule has 0 radical (unpaired) electrons. The second-order valence-electron chi connectivity index (χ2n) is 5.70. The third-order valence-corrected chi connectivity index (χ3v) is 4.27. The number of halogens is 2. The third kappa shape index (κ3) is 3.15. The molecule has 0 bridgehead atoms. The molecule has 130 valence electrons. The molecule has 0 fully saturated rings. The van der Waals surface area contributed by atoms with Gasteiger partial charge in [-0.1, -0.05) is 43.1 Å². The number of ether oxygens (including phenoxy) is 1. The van der Waals surface area contributed by atoms with Gasteiger partial charge < -0.3 is 10.1 Å². The Labute approximate surface area is 154 Å². The Hall–Kier alpha value is -2.31. The molecule has 6 nitrogen and oxygen atoms in total. The fourth-order valence-corrected chi connectivity index (χ4v) is 3.01. The van der Waals surface area contributed by atoms with Gasteiger partial charge in [-0.3, -0.25) is 4.98 Å². The number of para-hydroxylation sites is 1. The van der Waals surface area contributed by atoms with E-state index >= 15 is 0 Å². The van der Waals surface area contributed by atoms with Gasteiger partial charge in [0.25, 0.3) is 0 Å². The number of amides is 1. The van der Waals surface area contributed by atoms with Crippen molar-refractivity contribution in [2.24, 2.45) is 0 Å². The maximum absolute atomic E-state index is 13.0. The van der Waals surface area contributed by atoms with Crippen LogP contribution in [0.5, 0.6) is 5.75 Å². The quantitative estimate of drug-likeness (QED) is 0.699. The van der Waals surface area contributed by atoms with Crippen molar-refractivity contribution in [3.8, 4) is 5.75 Å². The first-order valence-corrected chi connectivity index (χ1v) is 8.35. The van der Waals surface area contributed by atoms with Crippen molar-refractivity contribution in [2.75, 3.05) is 12.4 Å². The average Bonchev–Trinajstić information content (AvgIpc) is 2.98. The lowest BCUT2D eigenvalue weighted by Crippen LogP contribution is -2.22. The lowest BCUT2D eigenvalue weighted by Gasteiger charge is -2.13. The van der Waals surface area contributed by atoms with Gasteiger partial charge in [0.1, 0.15) is 17.1 Å². The Balaban J connectivity index is 2.14. The summed E-state index contributed by atoms with van der Waals surface area (Å²) in [5, 5.41) is 3.26. The minimum Gasteiger partial charge on any atom is -0.494 e. The summed E-state index contributed by atoms with van der Waals surface area (Å²) in [5.74, 6) is 1.23. The van der Waals surface area contributed by atoms with Gasteiger partial charge in [-0.05, 0) is 12.1 Å². The van der Waals surface area contributed by atoms with Crippen LogP contribution in [0.4, 0.5) is 10.5 Å². The summed E-state index contributed by atoms with van der Waals surface area (Å²) in [6.45, 7) is 3.92. The highest BCUT2D eigenvalue weighted by atomic mass is 35.5.